The van der Waals surface area contributed by atoms with E-state index in [9.17, 15) is 4.79 Å². The molecule has 3 nitrogen and oxygen atoms in total. The van der Waals surface area contributed by atoms with Crippen molar-refractivity contribution in [2.75, 3.05) is 13.1 Å². The van der Waals surface area contributed by atoms with Gasteiger partial charge in [0.05, 0.1) is 4.88 Å². The number of amides is 1. The first kappa shape index (κ1) is 18.3. The predicted molar refractivity (Wildman–Crippen MR) is 99.9 cm³/mol. The number of benzene rings is 1. The van der Waals surface area contributed by atoms with Gasteiger partial charge in [-0.05, 0) is 55.3 Å². The Bertz CT molecular complexity index is 657. The SMILES string of the molecule is CC1CNCCC1NC(=O)c1ccc(-c2ccc(Cl)cc2)s1.Cl. The highest BCUT2D eigenvalue weighted by Gasteiger charge is 2.23. The second kappa shape index (κ2) is 8.15. The second-order valence-electron chi connectivity index (χ2n) is 5.72. The molecule has 2 unspecified atom stereocenters. The summed E-state index contributed by atoms with van der Waals surface area (Å²) in [6.45, 7) is 4.10. The lowest BCUT2D eigenvalue weighted by molar-refractivity contribution is 0.0918. The van der Waals surface area contributed by atoms with Gasteiger partial charge in [-0.3, -0.25) is 4.79 Å². The smallest absolute Gasteiger partial charge is 0.261 e. The highest BCUT2D eigenvalue weighted by molar-refractivity contribution is 7.17. The molecule has 1 fully saturated rings. The fourth-order valence-corrected chi connectivity index (χ4v) is 3.74. The van der Waals surface area contributed by atoms with Gasteiger partial charge in [-0.2, -0.15) is 0 Å². The first-order valence-corrected chi connectivity index (χ1v) is 8.70. The summed E-state index contributed by atoms with van der Waals surface area (Å²) in [4.78, 5) is 14.3. The number of nitrogens with one attached hydrogen (secondary N) is 2. The van der Waals surface area contributed by atoms with Crippen LogP contribution in [0.5, 0.6) is 0 Å². The molecule has 1 aliphatic rings. The Balaban J connectivity index is 0.00000192. The van der Waals surface area contributed by atoms with Crippen LogP contribution in [0.15, 0.2) is 36.4 Å². The molecule has 2 aromatic rings. The number of carbonyl (C=O) groups excluding carboxylic acids is 1. The van der Waals surface area contributed by atoms with Crippen LogP contribution in [0.2, 0.25) is 5.02 Å². The normalized spacial score (nSPS) is 20.6. The number of thiophene rings is 1. The fraction of sp³-hybridized carbons (Fsp3) is 0.353. The minimum atomic E-state index is 0. The number of carbonyl (C=O) groups is 1. The Morgan fingerprint density at radius 2 is 2.00 bits per heavy atom. The molecule has 1 saturated heterocycles. The second-order valence-corrected chi connectivity index (χ2v) is 7.24. The standard InChI is InChI=1S/C17H19ClN2OS.ClH/c1-11-10-19-9-8-14(11)20-17(21)16-7-6-15(22-16)12-2-4-13(18)5-3-12;/h2-7,11,14,19H,8-10H2,1H3,(H,20,21);1H. The van der Waals surface area contributed by atoms with E-state index in [1.54, 1.807) is 0 Å². The molecule has 6 heteroatoms. The molecule has 0 radical (unpaired) electrons. The highest BCUT2D eigenvalue weighted by Crippen LogP contribution is 2.29. The van der Waals surface area contributed by atoms with Gasteiger partial charge < -0.3 is 10.6 Å². The van der Waals surface area contributed by atoms with Gasteiger partial charge in [0.25, 0.3) is 5.91 Å². The van der Waals surface area contributed by atoms with Crippen LogP contribution in [0.4, 0.5) is 0 Å². The third kappa shape index (κ3) is 4.48. The van der Waals surface area contributed by atoms with Gasteiger partial charge >= 0.3 is 0 Å². The van der Waals surface area contributed by atoms with Crippen LogP contribution in [0.25, 0.3) is 10.4 Å². The zero-order chi connectivity index (χ0) is 15.5. The molecular weight excluding hydrogens is 351 g/mol. The number of hydrogen-bond donors (Lipinski definition) is 2. The lowest BCUT2D eigenvalue weighted by atomic mass is 9.95. The highest BCUT2D eigenvalue weighted by atomic mass is 35.5. The van der Waals surface area contributed by atoms with Crippen molar-refractivity contribution in [1.29, 1.82) is 0 Å². The molecule has 1 aromatic heterocycles. The van der Waals surface area contributed by atoms with Gasteiger partial charge in [-0.1, -0.05) is 30.7 Å². The summed E-state index contributed by atoms with van der Waals surface area (Å²) in [6.07, 6.45) is 0.988. The minimum Gasteiger partial charge on any atom is -0.348 e. The summed E-state index contributed by atoms with van der Waals surface area (Å²) in [7, 11) is 0. The quantitative estimate of drug-likeness (QED) is 0.848. The average Bonchev–Trinajstić information content (AvgIpc) is 3.00. The van der Waals surface area contributed by atoms with E-state index in [1.807, 2.05) is 36.4 Å². The number of halogens is 2. The van der Waals surface area contributed by atoms with Crippen molar-refractivity contribution in [1.82, 2.24) is 10.6 Å². The van der Waals surface area contributed by atoms with Crippen LogP contribution in [-0.2, 0) is 0 Å². The van der Waals surface area contributed by atoms with E-state index in [-0.39, 0.29) is 24.4 Å². The third-order valence-electron chi connectivity index (χ3n) is 4.06. The van der Waals surface area contributed by atoms with E-state index < -0.39 is 0 Å². The summed E-state index contributed by atoms with van der Waals surface area (Å²) in [5, 5.41) is 7.24. The van der Waals surface area contributed by atoms with Crippen molar-refractivity contribution in [3.8, 4) is 10.4 Å². The van der Waals surface area contributed by atoms with Crippen LogP contribution in [-0.4, -0.2) is 25.0 Å². The lowest BCUT2D eigenvalue weighted by Gasteiger charge is -2.30. The number of rotatable bonds is 3. The molecule has 0 bridgehead atoms. The van der Waals surface area contributed by atoms with Crippen LogP contribution in [0.3, 0.4) is 0 Å². The Hall–Kier alpha value is -1.07. The summed E-state index contributed by atoms with van der Waals surface area (Å²) in [5.74, 6) is 0.498. The molecule has 0 saturated carbocycles. The zero-order valence-corrected chi connectivity index (χ0v) is 15.2. The summed E-state index contributed by atoms with van der Waals surface area (Å²) < 4.78 is 0. The summed E-state index contributed by atoms with van der Waals surface area (Å²) in [5.41, 5.74) is 1.09. The number of piperidine rings is 1. The molecule has 0 aliphatic carbocycles. The lowest BCUT2D eigenvalue weighted by Crippen LogP contribution is -2.48. The summed E-state index contributed by atoms with van der Waals surface area (Å²) in [6, 6.07) is 11.8. The molecule has 3 rings (SSSR count). The molecule has 23 heavy (non-hydrogen) atoms. The first-order valence-electron chi connectivity index (χ1n) is 7.51. The van der Waals surface area contributed by atoms with E-state index >= 15 is 0 Å². The van der Waals surface area contributed by atoms with Crippen LogP contribution in [0.1, 0.15) is 23.0 Å². The Kier molecular flexibility index (Phi) is 6.48. The largest absolute Gasteiger partial charge is 0.348 e. The van der Waals surface area contributed by atoms with Crippen molar-refractivity contribution in [2.45, 2.75) is 19.4 Å². The van der Waals surface area contributed by atoms with Gasteiger partial charge in [0, 0.05) is 15.9 Å². The van der Waals surface area contributed by atoms with E-state index in [2.05, 4.69) is 17.6 Å². The van der Waals surface area contributed by atoms with Gasteiger partial charge in [-0.15, -0.1) is 23.7 Å². The van der Waals surface area contributed by atoms with Crippen molar-refractivity contribution in [2.24, 2.45) is 5.92 Å². The Morgan fingerprint density at radius 3 is 2.70 bits per heavy atom. The third-order valence-corrected chi connectivity index (χ3v) is 5.45. The van der Waals surface area contributed by atoms with Gasteiger partial charge in [0.1, 0.15) is 0 Å². The monoisotopic (exact) mass is 370 g/mol. The fourth-order valence-electron chi connectivity index (χ4n) is 2.70. The predicted octanol–water partition coefficient (Wildman–Crippen LogP) is 4.22. The van der Waals surface area contributed by atoms with E-state index in [0.717, 1.165) is 39.9 Å². The maximum Gasteiger partial charge on any atom is 0.261 e. The van der Waals surface area contributed by atoms with Gasteiger partial charge in [-0.25, -0.2) is 0 Å². The van der Waals surface area contributed by atoms with Gasteiger partial charge in [0.2, 0.25) is 0 Å². The Labute approximate surface area is 151 Å². The topological polar surface area (TPSA) is 41.1 Å². The van der Waals surface area contributed by atoms with Crippen molar-refractivity contribution < 1.29 is 4.79 Å². The first-order chi connectivity index (χ1) is 10.6. The van der Waals surface area contributed by atoms with Crippen molar-refractivity contribution >= 4 is 41.3 Å². The van der Waals surface area contributed by atoms with Crippen LogP contribution >= 0.6 is 35.3 Å². The van der Waals surface area contributed by atoms with E-state index in [4.69, 9.17) is 11.6 Å². The molecule has 2 N–H and O–H groups in total. The van der Waals surface area contributed by atoms with Crippen molar-refractivity contribution in [3.05, 3.63) is 46.3 Å². The minimum absolute atomic E-state index is 0. The number of hydrogen-bond acceptors (Lipinski definition) is 3. The molecule has 0 spiro atoms. The molecule has 2 heterocycles. The molecule has 2 atom stereocenters. The van der Waals surface area contributed by atoms with E-state index in [0.29, 0.717) is 5.92 Å². The molecular formula is C17H20Cl2N2OS. The van der Waals surface area contributed by atoms with Gasteiger partial charge in [0.15, 0.2) is 0 Å². The van der Waals surface area contributed by atoms with Crippen LogP contribution in [0, 0.1) is 5.92 Å². The maximum absolute atomic E-state index is 12.4. The molecule has 1 aromatic carbocycles. The molecule has 1 aliphatic heterocycles. The summed E-state index contributed by atoms with van der Waals surface area (Å²) >= 11 is 7.43. The van der Waals surface area contributed by atoms with Crippen molar-refractivity contribution in [3.63, 3.8) is 0 Å². The zero-order valence-electron chi connectivity index (χ0n) is 12.8. The molecule has 1 amide bonds. The Morgan fingerprint density at radius 1 is 1.26 bits per heavy atom. The maximum atomic E-state index is 12.4. The molecule has 124 valence electrons. The van der Waals surface area contributed by atoms with Crippen LogP contribution < -0.4 is 10.6 Å². The average molecular weight is 371 g/mol. The van der Waals surface area contributed by atoms with E-state index in [1.165, 1.54) is 11.3 Å².